The smallest absolute Gasteiger partial charge is 0.170 e. The van der Waals surface area contributed by atoms with E-state index < -0.39 is 0 Å². The monoisotopic (exact) mass is 228 g/mol. The summed E-state index contributed by atoms with van der Waals surface area (Å²) in [7, 11) is 1.85. The molecule has 4 nitrogen and oxygen atoms in total. The first-order valence-corrected chi connectivity index (χ1v) is 5.51. The van der Waals surface area contributed by atoms with Gasteiger partial charge in [0.05, 0.1) is 18.2 Å². The van der Waals surface area contributed by atoms with E-state index in [4.69, 9.17) is 4.74 Å². The lowest BCUT2D eigenvalue weighted by atomic mass is 9.98. The maximum absolute atomic E-state index is 12.0. The highest BCUT2D eigenvalue weighted by Crippen LogP contribution is 2.34. The molecule has 0 bridgehead atoms. The fourth-order valence-corrected chi connectivity index (χ4v) is 2.07. The minimum absolute atomic E-state index is 0.126. The number of carbonyl (C=O) groups is 1. The lowest BCUT2D eigenvalue weighted by Gasteiger charge is -2.24. The van der Waals surface area contributed by atoms with Crippen molar-refractivity contribution in [1.82, 2.24) is 9.78 Å². The van der Waals surface area contributed by atoms with Crippen LogP contribution in [0.4, 0.5) is 0 Å². The zero-order valence-corrected chi connectivity index (χ0v) is 9.46. The summed E-state index contributed by atoms with van der Waals surface area (Å²) >= 11 is 0. The van der Waals surface area contributed by atoms with E-state index in [2.05, 4.69) is 5.10 Å². The lowest BCUT2D eigenvalue weighted by molar-refractivity contribution is 0.0850. The van der Waals surface area contributed by atoms with Crippen molar-refractivity contribution in [3.63, 3.8) is 0 Å². The summed E-state index contributed by atoms with van der Waals surface area (Å²) in [6.45, 7) is 0. The number of fused-ring (bicyclic) bond motifs is 1. The SMILES string of the molecule is Cn1cc(C2CC(=O)c3ccccc3O2)cn1. The van der Waals surface area contributed by atoms with E-state index in [1.807, 2.05) is 31.4 Å². The van der Waals surface area contributed by atoms with Crippen molar-refractivity contribution in [2.24, 2.45) is 7.05 Å². The molecule has 0 fully saturated rings. The predicted octanol–water partition coefficient (Wildman–Crippen LogP) is 2.13. The standard InChI is InChI=1S/C13H12N2O2/c1-15-8-9(7-14-15)13-6-11(16)10-4-2-3-5-12(10)17-13/h2-5,7-8,13H,6H2,1H3. The van der Waals surface area contributed by atoms with E-state index in [9.17, 15) is 4.79 Å². The van der Waals surface area contributed by atoms with Crippen molar-refractivity contribution in [3.05, 3.63) is 47.8 Å². The van der Waals surface area contributed by atoms with Gasteiger partial charge in [-0.25, -0.2) is 0 Å². The molecule has 0 spiro atoms. The lowest BCUT2D eigenvalue weighted by Crippen LogP contribution is -2.19. The third-order valence-corrected chi connectivity index (χ3v) is 2.92. The second-order valence-corrected chi connectivity index (χ2v) is 4.18. The molecule has 0 saturated heterocycles. The first kappa shape index (κ1) is 10.1. The molecule has 1 aliphatic heterocycles. The summed E-state index contributed by atoms with van der Waals surface area (Å²) in [6, 6.07) is 7.36. The second kappa shape index (κ2) is 3.73. The van der Waals surface area contributed by atoms with Crippen LogP contribution in [0.15, 0.2) is 36.7 Å². The van der Waals surface area contributed by atoms with Crippen LogP contribution in [0.2, 0.25) is 0 Å². The van der Waals surface area contributed by atoms with Crippen LogP contribution in [0, 0.1) is 0 Å². The zero-order chi connectivity index (χ0) is 11.8. The number of ketones is 1. The Labute approximate surface area is 98.8 Å². The number of ether oxygens (including phenoxy) is 1. The normalized spacial score (nSPS) is 18.6. The molecule has 0 N–H and O–H groups in total. The third kappa shape index (κ3) is 1.71. The Bertz CT molecular complexity index is 574. The maximum atomic E-state index is 12.0. The number of aryl methyl sites for hydroxylation is 1. The molecule has 1 unspecified atom stereocenters. The molecule has 1 atom stereocenters. The summed E-state index contributed by atoms with van der Waals surface area (Å²) in [5.41, 5.74) is 1.61. The molecule has 3 rings (SSSR count). The molecule has 1 aromatic heterocycles. The quantitative estimate of drug-likeness (QED) is 0.751. The van der Waals surface area contributed by atoms with E-state index in [0.717, 1.165) is 5.56 Å². The van der Waals surface area contributed by atoms with E-state index >= 15 is 0 Å². The summed E-state index contributed by atoms with van der Waals surface area (Å²) in [5.74, 6) is 0.790. The molecule has 86 valence electrons. The average Bonchev–Trinajstić information content (AvgIpc) is 2.76. The van der Waals surface area contributed by atoms with Crippen molar-refractivity contribution < 1.29 is 9.53 Å². The fraction of sp³-hybridized carbons (Fsp3) is 0.231. The van der Waals surface area contributed by atoms with Gasteiger partial charge in [-0.2, -0.15) is 5.10 Å². The van der Waals surface area contributed by atoms with Gasteiger partial charge < -0.3 is 4.74 Å². The molecule has 1 aliphatic rings. The third-order valence-electron chi connectivity index (χ3n) is 2.92. The average molecular weight is 228 g/mol. The van der Waals surface area contributed by atoms with Crippen molar-refractivity contribution in [2.45, 2.75) is 12.5 Å². The number of rotatable bonds is 1. The van der Waals surface area contributed by atoms with Crippen LogP contribution in [0.25, 0.3) is 0 Å². The maximum Gasteiger partial charge on any atom is 0.170 e. The highest BCUT2D eigenvalue weighted by molar-refractivity contribution is 5.99. The van der Waals surface area contributed by atoms with Crippen molar-refractivity contribution >= 4 is 5.78 Å². The van der Waals surface area contributed by atoms with Crippen LogP contribution in [-0.2, 0) is 7.05 Å². The van der Waals surface area contributed by atoms with Crippen molar-refractivity contribution in [1.29, 1.82) is 0 Å². The Kier molecular flexibility index (Phi) is 2.21. The van der Waals surface area contributed by atoms with Gasteiger partial charge in [-0.15, -0.1) is 0 Å². The highest BCUT2D eigenvalue weighted by atomic mass is 16.5. The van der Waals surface area contributed by atoms with Gasteiger partial charge >= 0.3 is 0 Å². The first-order chi connectivity index (χ1) is 8.24. The minimum atomic E-state index is -0.217. The molecule has 17 heavy (non-hydrogen) atoms. The van der Waals surface area contributed by atoms with Gasteiger partial charge in [0.15, 0.2) is 5.78 Å². The molecule has 0 radical (unpaired) electrons. The fourth-order valence-electron chi connectivity index (χ4n) is 2.07. The topological polar surface area (TPSA) is 44.1 Å². The molecule has 0 aliphatic carbocycles. The van der Waals surface area contributed by atoms with Gasteiger partial charge in [0.2, 0.25) is 0 Å². The molecular formula is C13H12N2O2. The van der Waals surface area contributed by atoms with Gasteiger partial charge in [-0.1, -0.05) is 12.1 Å². The number of benzene rings is 1. The van der Waals surface area contributed by atoms with Gasteiger partial charge in [-0.05, 0) is 12.1 Å². The number of Topliss-reactive ketones (excluding diaryl/α,β-unsaturated/α-hetero) is 1. The molecule has 0 saturated carbocycles. The summed E-state index contributed by atoms with van der Waals surface area (Å²) in [4.78, 5) is 12.0. The number of hydrogen-bond donors (Lipinski definition) is 0. The summed E-state index contributed by atoms with van der Waals surface area (Å²) < 4.78 is 7.54. The highest BCUT2D eigenvalue weighted by Gasteiger charge is 2.27. The molecule has 2 aromatic rings. The van der Waals surface area contributed by atoms with E-state index in [-0.39, 0.29) is 11.9 Å². The van der Waals surface area contributed by atoms with Crippen LogP contribution >= 0.6 is 0 Å². The van der Waals surface area contributed by atoms with Crippen molar-refractivity contribution in [2.75, 3.05) is 0 Å². The first-order valence-electron chi connectivity index (χ1n) is 5.51. The Morgan fingerprint density at radius 2 is 2.24 bits per heavy atom. The van der Waals surface area contributed by atoms with Crippen LogP contribution in [0.3, 0.4) is 0 Å². The van der Waals surface area contributed by atoms with Gasteiger partial charge in [0, 0.05) is 18.8 Å². The number of nitrogens with zero attached hydrogens (tertiary/aromatic N) is 2. The van der Waals surface area contributed by atoms with Gasteiger partial charge in [0.25, 0.3) is 0 Å². The molecule has 4 heteroatoms. The van der Waals surface area contributed by atoms with Crippen LogP contribution in [-0.4, -0.2) is 15.6 Å². The van der Waals surface area contributed by atoms with E-state index in [1.165, 1.54) is 0 Å². The Balaban J connectivity index is 1.96. The van der Waals surface area contributed by atoms with Gasteiger partial charge in [0.1, 0.15) is 11.9 Å². The minimum Gasteiger partial charge on any atom is -0.484 e. The number of aromatic nitrogens is 2. The summed E-state index contributed by atoms with van der Waals surface area (Å²) in [5, 5.41) is 4.10. The molecule has 2 heterocycles. The Morgan fingerprint density at radius 1 is 1.41 bits per heavy atom. The number of carbonyl (C=O) groups excluding carboxylic acids is 1. The number of para-hydroxylation sites is 1. The van der Waals surface area contributed by atoms with Crippen LogP contribution in [0.1, 0.15) is 28.4 Å². The largest absolute Gasteiger partial charge is 0.484 e. The molecular weight excluding hydrogens is 216 g/mol. The van der Waals surface area contributed by atoms with E-state index in [0.29, 0.717) is 17.7 Å². The molecule has 1 aromatic carbocycles. The summed E-state index contributed by atoms with van der Waals surface area (Å²) in [6.07, 6.45) is 3.78. The van der Waals surface area contributed by atoms with Crippen molar-refractivity contribution in [3.8, 4) is 5.75 Å². The molecule has 0 amide bonds. The zero-order valence-electron chi connectivity index (χ0n) is 9.46. The van der Waals surface area contributed by atoms with Crippen LogP contribution in [0.5, 0.6) is 5.75 Å². The van der Waals surface area contributed by atoms with Gasteiger partial charge in [-0.3, -0.25) is 9.48 Å². The Morgan fingerprint density at radius 3 is 3.00 bits per heavy atom. The second-order valence-electron chi connectivity index (χ2n) is 4.18. The predicted molar refractivity (Wildman–Crippen MR) is 62.0 cm³/mol. The van der Waals surface area contributed by atoms with E-state index in [1.54, 1.807) is 16.9 Å². The number of hydrogen-bond acceptors (Lipinski definition) is 3. The van der Waals surface area contributed by atoms with Crippen LogP contribution < -0.4 is 4.74 Å². The Hall–Kier alpha value is -2.10.